The largest absolute Gasteiger partial charge is 0.484 e. The van der Waals surface area contributed by atoms with Crippen LogP contribution in [0.2, 0.25) is 0 Å². The van der Waals surface area contributed by atoms with E-state index in [1.165, 1.54) is 0 Å². The Bertz CT molecular complexity index is 1060. The molecule has 2 heterocycles. The SMILES string of the molecule is CCc1cccc(C)c1NC(=O)COc1ccc(N2C[C@H](C(=O)NC[C@H]3CCCO3)CC2=O)cc1. The molecule has 2 atom stereocenters. The zero-order chi connectivity index (χ0) is 24.8. The third-order valence-corrected chi connectivity index (χ3v) is 6.55. The van der Waals surface area contributed by atoms with Crippen molar-refractivity contribution in [1.29, 1.82) is 0 Å². The average Bonchev–Trinajstić information content (AvgIpc) is 3.52. The molecule has 0 aromatic heterocycles. The van der Waals surface area contributed by atoms with Crippen LogP contribution in [0.15, 0.2) is 42.5 Å². The third-order valence-electron chi connectivity index (χ3n) is 6.55. The number of benzene rings is 2. The van der Waals surface area contributed by atoms with Crippen LogP contribution in [0.1, 0.15) is 37.3 Å². The van der Waals surface area contributed by atoms with Gasteiger partial charge in [-0.25, -0.2) is 0 Å². The molecule has 35 heavy (non-hydrogen) atoms. The van der Waals surface area contributed by atoms with Gasteiger partial charge in [-0.15, -0.1) is 0 Å². The molecule has 0 saturated carbocycles. The maximum Gasteiger partial charge on any atom is 0.262 e. The van der Waals surface area contributed by atoms with Crippen LogP contribution in [0.25, 0.3) is 0 Å². The van der Waals surface area contributed by atoms with E-state index in [1.54, 1.807) is 29.2 Å². The highest BCUT2D eigenvalue weighted by Gasteiger charge is 2.35. The smallest absolute Gasteiger partial charge is 0.262 e. The number of nitrogens with one attached hydrogen (secondary N) is 2. The molecule has 8 nitrogen and oxygen atoms in total. The molecule has 4 rings (SSSR count). The van der Waals surface area contributed by atoms with Crippen molar-refractivity contribution >= 4 is 29.1 Å². The quantitative estimate of drug-likeness (QED) is 0.576. The van der Waals surface area contributed by atoms with Crippen molar-refractivity contribution in [2.75, 3.05) is 36.5 Å². The van der Waals surface area contributed by atoms with Crippen LogP contribution < -0.4 is 20.3 Å². The predicted molar refractivity (Wildman–Crippen MR) is 134 cm³/mol. The van der Waals surface area contributed by atoms with E-state index in [2.05, 4.69) is 10.6 Å². The van der Waals surface area contributed by atoms with Crippen molar-refractivity contribution in [3.8, 4) is 5.75 Å². The Morgan fingerprint density at radius 1 is 1.17 bits per heavy atom. The molecule has 2 aliphatic rings. The first-order valence-corrected chi connectivity index (χ1v) is 12.3. The van der Waals surface area contributed by atoms with E-state index in [0.717, 1.165) is 42.7 Å². The maximum absolute atomic E-state index is 12.5. The van der Waals surface area contributed by atoms with Crippen LogP contribution in [0.3, 0.4) is 0 Å². The Hall–Kier alpha value is -3.39. The molecule has 2 N–H and O–H groups in total. The van der Waals surface area contributed by atoms with Crippen molar-refractivity contribution in [1.82, 2.24) is 5.32 Å². The number of carbonyl (C=O) groups excluding carboxylic acids is 3. The number of carbonyl (C=O) groups is 3. The second-order valence-electron chi connectivity index (χ2n) is 9.08. The summed E-state index contributed by atoms with van der Waals surface area (Å²) in [6.07, 6.45) is 3.07. The minimum absolute atomic E-state index is 0.0761. The van der Waals surface area contributed by atoms with Crippen molar-refractivity contribution in [3.05, 3.63) is 53.6 Å². The monoisotopic (exact) mass is 479 g/mol. The van der Waals surface area contributed by atoms with Crippen LogP contribution in [-0.4, -0.2) is 50.1 Å². The summed E-state index contributed by atoms with van der Waals surface area (Å²) in [6.45, 7) is 5.47. The average molecular weight is 480 g/mol. The first-order chi connectivity index (χ1) is 16.9. The van der Waals surface area contributed by atoms with Crippen LogP contribution >= 0.6 is 0 Å². The molecule has 3 amide bonds. The number of hydrogen-bond acceptors (Lipinski definition) is 5. The molecule has 2 aromatic carbocycles. The number of para-hydroxylation sites is 1. The van der Waals surface area contributed by atoms with Gasteiger partial charge in [0.2, 0.25) is 11.8 Å². The molecule has 2 fully saturated rings. The molecular formula is C27H33N3O5. The first kappa shape index (κ1) is 24.7. The fourth-order valence-corrected chi connectivity index (χ4v) is 4.55. The van der Waals surface area contributed by atoms with Crippen molar-refractivity contribution in [2.24, 2.45) is 5.92 Å². The van der Waals surface area contributed by atoms with E-state index in [4.69, 9.17) is 9.47 Å². The number of nitrogens with zero attached hydrogens (tertiary/aromatic N) is 1. The van der Waals surface area contributed by atoms with Crippen LogP contribution in [-0.2, 0) is 25.5 Å². The highest BCUT2D eigenvalue weighted by Crippen LogP contribution is 2.27. The summed E-state index contributed by atoms with van der Waals surface area (Å²) in [5, 5.41) is 5.87. The molecule has 0 aliphatic carbocycles. The topological polar surface area (TPSA) is 97.0 Å². The van der Waals surface area contributed by atoms with E-state index in [9.17, 15) is 14.4 Å². The van der Waals surface area contributed by atoms with E-state index in [-0.39, 0.29) is 42.8 Å². The zero-order valence-corrected chi connectivity index (χ0v) is 20.3. The number of anilines is 2. The fraction of sp³-hybridized carbons (Fsp3) is 0.444. The van der Waals surface area contributed by atoms with E-state index in [1.807, 2.05) is 32.0 Å². The van der Waals surface area contributed by atoms with Gasteiger partial charge in [-0.3, -0.25) is 14.4 Å². The van der Waals surface area contributed by atoms with Gasteiger partial charge in [0.05, 0.1) is 12.0 Å². The number of aryl methyl sites for hydroxylation is 2. The van der Waals surface area contributed by atoms with Gasteiger partial charge < -0.3 is 25.0 Å². The van der Waals surface area contributed by atoms with Crippen molar-refractivity contribution in [3.63, 3.8) is 0 Å². The molecule has 0 unspecified atom stereocenters. The molecule has 0 spiro atoms. The molecule has 2 saturated heterocycles. The first-order valence-electron chi connectivity index (χ1n) is 12.3. The van der Waals surface area contributed by atoms with E-state index >= 15 is 0 Å². The standard InChI is InChI=1S/C27H33N3O5/c1-3-19-7-4-6-18(2)26(19)29-24(31)17-35-22-11-9-21(10-12-22)30-16-20(14-25(30)32)27(33)28-15-23-8-5-13-34-23/h4,6-7,9-12,20,23H,3,5,8,13-17H2,1-2H3,(H,28,33)(H,29,31)/t20-,23-/m1/s1. The molecule has 0 bridgehead atoms. The highest BCUT2D eigenvalue weighted by atomic mass is 16.5. The minimum Gasteiger partial charge on any atom is -0.484 e. The van der Waals surface area contributed by atoms with Gasteiger partial charge in [-0.05, 0) is 61.6 Å². The molecule has 2 aromatic rings. The van der Waals surface area contributed by atoms with Crippen molar-refractivity contribution < 1.29 is 23.9 Å². The maximum atomic E-state index is 12.5. The second-order valence-corrected chi connectivity index (χ2v) is 9.08. The normalized spacial score (nSPS) is 19.6. The molecule has 8 heteroatoms. The predicted octanol–water partition coefficient (Wildman–Crippen LogP) is 3.22. The lowest BCUT2D eigenvalue weighted by atomic mass is 10.1. The van der Waals surface area contributed by atoms with Gasteiger partial charge in [0.1, 0.15) is 5.75 Å². The Labute approximate surface area is 206 Å². The lowest BCUT2D eigenvalue weighted by Crippen LogP contribution is -2.37. The van der Waals surface area contributed by atoms with Crippen LogP contribution in [0, 0.1) is 12.8 Å². The van der Waals surface area contributed by atoms with Gasteiger partial charge >= 0.3 is 0 Å². The zero-order valence-electron chi connectivity index (χ0n) is 20.3. The molecule has 2 aliphatic heterocycles. The summed E-state index contributed by atoms with van der Waals surface area (Å²) in [6, 6.07) is 12.9. The fourth-order valence-electron chi connectivity index (χ4n) is 4.55. The summed E-state index contributed by atoms with van der Waals surface area (Å²) in [4.78, 5) is 39.1. The van der Waals surface area contributed by atoms with Gasteiger partial charge in [-0.2, -0.15) is 0 Å². The summed E-state index contributed by atoms with van der Waals surface area (Å²) in [5.41, 5.74) is 3.63. The Balaban J connectivity index is 1.27. The Morgan fingerprint density at radius 2 is 1.97 bits per heavy atom. The van der Waals surface area contributed by atoms with E-state index < -0.39 is 0 Å². The lowest BCUT2D eigenvalue weighted by molar-refractivity contribution is -0.126. The molecule has 186 valence electrons. The summed E-state index contributed by atoms with van der Waals surface area (Å²) in [7, 11) is 0. The number of rotatable bonds is 9. The summed E-state index contributed by atoms with van der Waals surface area (Å²) < 4.78 is 11.2. The Morgan fingerprint density at radius 3 is 2.69 bits per heavy atom. The van der Waals surface area contributed by atoms with Crippen molar-refractivity contribution in [2.45, 2.75) is 45.6 Å². The van der Waals surface area contributed by atoms with Crippen LogP contribution in [0.4, 0.5) is 11.4 Å². The minimum atomic E-state index is -0.377. The molecule has 0 radical (unpaired) electrons. The van der Waals surface area contributed by atoms with Gasteiger partial charge in [0, 0.05) is 37.5 Å². The van der Waals surface area contributed by atoms with Gasteiger partial charge in [0.25, 0.3) is 5.91 Å². The number of ether oxygens (including phenoxy) is 2. The number of amides is 3. The summed E-state index contributed by atoms with van der Waals surface area (Å²) in [5.74, 6) is -0.271. The molecular weight excluding hydrogens is 446 g/mol. The number of hydrogen-bond donors (Lipinski definition) is 2. The lowest BCUT2D eigenvalue weighted by Gasteiger charge is -2.18. The second kappa shape index (κ2) is 11.4. The highest BCUT2D eigenvalue weighted by molar-refractivity contribution is 6.00. The van der Waals surface area contributed by atoms with Crippen LogP contribution in [0.5, 0.6) is 5.75 Å². The summed E-state index contributed by atoms with van der Waals surface area (Å²) >= 11 is 0. The Kier molecular flexibility index (Phi) is 8.02. The van der Waals surface area contributed by atoms with Gasteiger partial charge in [-0.1, -0.05) is 25.1 Å². The third kappa shape index (κ3) is 6.19. The van der Waals surface area contributed by atoms with E-state index in [0.29, 0.717) is 24.5 Å². The van der Waals surface area contributed by atoms with Gasteiger partial charge in [0.15, 0.2) is 6.61 Å².